The molecule has 0 saturated carbocycles. The average molecular weight is 547 g/mol. The van der Waals surface area contributed by atoms with Crippen molar-refractivity contribution < 1.29 is 19.4 Å². The average Bonchev–Trinajstić information content (AvgIpc) is 2.95. The summed E-state index contributed by atoms with van der Waals surface area (Å²) in [7, 11) is 0. The van der Waals surface area contributed by atoms with E-state index in [0.29, 0.717) is 35.5 Å². The minimum Gasteiger partial charge on any atom is -0.480 e. The SMILES string of the molecule is O=C(O)COc1c(Br)cc(/C=C2/SC(=Nc3ccc(Cl)cc3)NC2=O)cc1Br. The quantitative estimate of drug-likeness (QED) is 0.502. The first-order valence-corrected chi connectivity index (χ1v) is 10.5. The van der Waals surface area contributed by atoms with Crippen LogP contribution in [-0.4, -0.2) is 28.8 Å². The molecule has 1 saturated heterocycles. The minimum atomic E-state index is -1.07. The van der Waals surface area contributed by atoms with Crippen molar-refractivity contribution in [2.45, 2.75) is 0 Å². The summed E-state index contributed by atoms with van der Waals surface area (Å²) < 4.78 is 6.37. The predicted molar refractivity (Wildman–Crippen MR) is 117 cm³/mol. The van der Waals surface area contributed by atoms with Gasteiger partial charge in [0, 0.05) is 5.02 Å². The Bertz CT molecular complexity index is 986. The molecule has 2 N–H and O–H groups in total. The van der Waals surface area contributed by atoms with Crippen LogP contribution in [-0.2, 0) is 9.59 Å². The molecular formula is C18H11Br2ClN2O4S. The zero-order valence-electron chi connectivity index (χ0n) is 13.9. The summed E-state index contributed by atoms with van der Waals surface area (Å²) in [6, 6.07) is 10.4. The third-order valence-electron chi connectivity index (χ3n) is 3.37. The lowest BCUT2D eigenvalue weighted by molar-refractivity contribution is -0.139. The van der Waals surface area contributed by atoms with E-state index in [1.807, 2.05) is 0 Å². The number of amidine groups is 1. The van der Waals surface area contributed by atoms with Crippen molar-refractivity contribution in [1.29, 1.82) is 0 Å². The lowest BCUT2D eigenvalue weighted by Gasteiger charge is -2.09. The number of nitrogens with one attached hydrogen (secondary N) is 1. The van der Waals surface area contributed by atoms with Crippen LogP contribution in [0.5, 0.6) is 5.75 Å². The van der Waals surface area contributed by atoms with E-state index in [9.17, 15) is 9.59 Å². The number of halogens is 3. The smallest absolute Gasteiger partial charge is 0.341 e. The number of rotatable bonds is 5. The zero-order chi connectivity index (χ0) is 20.3. The molecule has 0 atom stereocenters. The highest BCUT2D eigenvalue weighted by Crippen LogP contribution is 2.36. The topological polar surface area (TPSA) is 88.0 Å². The van der Waals surface area contributed by atoms with Crippen LogP contribution in [0.25, 0.3) is 6.08 Å². The largest absolute Gasteiger partial charge is 0.480 e. The molecular weight excluding hydrogens is 536 g/mol. The monoisotopic (exact) mass is 544 g/mol. The first-order chi connectivity index (χ1) is 13.3. The Balaban J connectivity index is 1.80. The number of carbonyl (C=O) groups is 2. The van der Waals surface area contributed by atoms with Crippen LogP contribution in [0.3, 0.4) is 0 Å². The van der Waals surface area contributed by atoms with Gasteiger partial charge in [0.15, 0.2) is 11.8 Å². The number of thioether (sulfide) groups is 1. The molecule has 0 unspecified atom stereocenters. The lowest BCUT2D eigenvalue weighted by Crippen LogP contribution is -2.19. The van der Waals surface area contributed by atoms with Crippen LogP contribution in [0.4, 0.5) is 5.69 Å². The summed E-state index contributed by atoms with van der Waals surface area (Å²) in [6.07, 6.45) is 1.71. The van der Waals surface area contributed by atoms with E-state index in [1.54, 1.807) is 42.5 Å². The molecule has 2 aromatic rings. The molecule has 1 fully saturated rings. The maximum Gasteiger partial charge on any atom is 0.341 e. The molecule has 3 rings (SSSR count). The number of hydrogen-bond acceptors (Lipinski definition) is 5. The Labute approximate surface area is 186 Å². The third kappa shape index (κ3) is 5.38. The molecule has 1 heterocycles. The van der Waals surface area contributed by atoms with Crippen LogP contribution in [0.15, 0.2) is 55.2 Å². The second-order valence-electron chi connectivity index (χ2n) is 5.45. The number of carboxylic acids is 1. The molecule has 0 aliphatic carbocycles. The number of ether oxygens (including phenoxy) is 1. The van der Waals surface area contributed by atoms with Crippen molar-refractivity contribution in [2.24, 2.45) is 4.99 Å². The Kier molecular flexibility index (Phi) is 6.82. The number of benzene rings is 2. The molecule has 2 aromatic carbocycles. The minimum absolute atomic E-state index is 0.254. The molecule has 1 aliphatic heterocycles. The summed E-state index contributed by atoms with van der Waals surface area (Å²) in [5.74, 6) is -0.953. The first kappa shape index (κ1) is 20.9. The van der Waals surface area contributed by atoms with E-state index in [0.717, 1.165) is 5.56 Å². The number of hydrogen-bond donors (Lipinski definition) is 2. The van der Waals surface area contributed by atoms with Crippen LogP contribution in [0.2, 0.25) is 5.02 Å². The third-order valence-corrected chi connectivity index (χ3v) is 5.71. The van der Waals surface area contributed by atoms with Gasteiger partial charge in [0.1, 0.15) is 5.75 Å². The fraction of sp³-hybridized carbons (Fsp3) is 0.0556. The Hall–Kier alpha value is -1.81. The number of nitrogens with zero attached hydrogens (tertiary/aromatic N) is 1. The van der Waals surface area contributed by atoms with Gasteiger partial charge in [-0.2, -0.15) is 0 Å². The lowest BCUT2D eigenvalue weighted by atomic mass is 10.2. The Morgan fingerprint density at radius 2 is 1.89 bits per heavy atom. The molecule has 6 nitrogen and oxygen atoms in total. The molecule has 0 bridgehead atoms. The van der Waals surface area contributed by atoms with Crippen molar-refractivity contribution in [3.05, 3.63) is 60.8 Å². The predicted octanol–water partition coefficient (Wildman–Crippen LogP) is 5.22. The van der Waals surface area contributed by atoms with Gasteiger partial charge < -0.3 is 15.2 Å². The highest BCUT2D eigenvalue weighted by atomic mass is 79.9. The highest BCUT2D eigenvalue weighted by Gasteiger charge is 2.24. The molecule has 28 heavy (non-hydrogen) atoms. The van der Waals surface area contributed by atoms with Crippen LogP contribution in [0, 0.1) is 0 Å². The van der Waals surface area contributed by atoms with Gasteiger partial charge in [-0.05, 0) is 91.7 Å². The normalized spacial score (nSPS) is 16.5. The zero-order valence-corrected chi connectivity index (χ0v) is 18.7. The van der Waals surface area contributed by atoms with Crippen molar-refractivity contribution >= 4 is 84.0 Å². The summed E-state index contributed by atoms with van der Waals surface area (Å²) in [5.41, 5.74) is 1.41. The van der Waals surface area contributed by atoms with Gasteiger partial charge in [-0.15, -0.1) is 0 Å². The van der Waals surface area contributed by atoms with Gasteiger partial charge in [-0.25, -0.2) is 9.79 Å². The standard InChI is InChI=1S/C18H11Br2ClN2O4S/c19-12-5-9(6-13(20)16(12)27-8-15(24)25)7-14-17(26)23-18(28-14)22-11-3-1-10(21)2-4-11/h1-7H,8H2,(H,24,25)(H,22,23,26)/b14-7+. The molecule has 0 spiro atoms. The second kappa shape index (κ2) is 9.13. The maximum atomic E-state index is 12.2. The van der Waals surface area contributed by atoms with Crippen molar-refractivity contribution in [2.75, 3.05) is 6.61 Å². The molecule has 144 valence electrons. The molecule has 1 amide bonds. The number of amides is 1. The van der Waals surface area contributed by atoms with Crippen LogP contribution in [0.1, 0.15) is 5.56 Å². The van der Waals surface area contributed by atoms with Crippen molar-refractivity contribution in [1.82, 2.24) is 5.32 Å². The van der Waals surface area contributed by atoms with Gasteiger partial charge in [0.05, 0.1) is 19.5 Å². The maximum absolute atomic E-state index is 12.2. The van der Waals surface area contributed by atoms with E-state index >= 15 is 0 Å². The van der Waals surface area contributed by atoms with E-state index in [4.69, 9.17) is 21.4 Å². The Morgan fingerprint density at radius 1 is 1.25 bits per heavy atom. The summed E-state index contributed by atoms with van der Waals surface area (Å²) in [4.78, 5) is 27.8. The number of carboxylic acid groups (broad SMARTS) is 1. The van der Waals surface area contributed by atoms with Gasteiger partial charge in [0.25, 0.3) is 5.91 Å². The van der Waals surface area contributed by atoms with E-state index < -0.39 is 12.6 Å². The highest BCUT2D eigenvalue weighted by molar-refractivity contribution is 9.11. The Morgan fingerprint density at radius 3 is 2.50 bits per heavy atom. The van der Waals surface area contributed by atoms with E-state index in [1.165, 1.54) is 11.8 Å². The van der Waals surface area contributed by atoms with E-state index in [2.05, 4.69) is 42.2 Å². The van der Waals surface area contributed by atoms with Crippen molar-refractivity contribution in [3.8, 4) is 5.75 Å². The fourth-order valence-electron chi connectivity index (χ4n) is 2.20. The van der Waals surface area contributed by atoms with Gasteiger partial charge in [-0.3, -0.25) is 4.79 Å². The summed E-state index contributed by atoms with van der Waals surface area (Å²) in [6.45, 7) is -0.458. The van der Waals surface area contributed by atoms with Crippen molar-refractivity contribution in [3.63, 3.8) is 0 Å². The number of aliphatic carboxylic acids is 1. The van der Waals surface area contributed by atoms with Crippen LogP contribution < -0.4 is 10.1 Å². The van der Waals surface area contributed by atoms with Crippen LogP contribution >= 0.6 is 55.2 Å². The summed E-state index contributed by atoms with van der Waals surface area (Å²) >= 11 is 13.8. The first-order valence-electron chi connectivity index (χ1n) is 7.70. The molecule has 10 heteroatoms. The summed E-state index contributed by atoms with van der Waals surface area (Å²) in [5, 5.41) is 12.5. The number of aliphatic imine (C=N–C) groups is 1. The second-order valence-corrected chi connectivity index (χ2v) is 8.63. The molecule has 0 radical (unpaired) electrons. The number of carbonyl (C=O) groups excluding carboxylic acids is 1. The molecule has 0 aromatic heterocycles. The molecule has 1 aliphatic rings. The van der Waals surface area contributed by atoms with Gasteiger partial charge in [-0.1, -0.05) is 11.6 Å². The van der Waals surface area contributed by atoms with Gasteiger partial charge in [0.2, 0.25) is 0 Å². The van der Waals surface area contributed by atoms with E-state index in [-0.39, 0.29) is 5.91 Å². The van der Waals surface area contributed by atoms with Gasteiger partial charge >= 0.3 is 5.97 Å². The fourth-order valence-corrected chi connectivity index (χ4v) is 4.62.